The van der Waals surface area contributed by atoms with Gasteiger partial charge in [-0.2, -0.15) is 5.26 Å². The van der Waals surface area contributed by atoms with E-state index in [-0.39, 0.29) is 23.7 Å². The molecule has 2 aromatic carbocycles. The number of aromatic nitrogens is 1. The number of hydrogen-bond donors (Lipinski definition) is 1. The van der Waals surface area contributed by atoms with E-state index >= 15 is 0 Å². The number of pyridine rings is 1. The molecule has 7 nitrogen and oxygen atoms in total. The van der Waals surface area contributed by atoms with Gasteiger partial charge < -0.3 is 10.2 Å². The molecule has 8 heteroatoms. The van der Waals surface area contributed by atoms with Crippen molar-refractivity contribution in [1.82, 2.24) is 20.1 Å². The highest BCUT2D eigenvalue weighted by Gasteiger charge is 2.26. The van der Waals surface area contributed by atoms with E-state index in [1.165, 1.54) is 23.9 Å². The number of likely N-dealkylation sites (tertiary alicyclic amines) is 2. The third kappa shape index (κ3) is 7.10. The maximum Gasteiger partial charge on any atom is 0.270 e. The Labute approximate surface area is 234 Å². The van der Waals surface area contributed by atoms with E-state index < -0.39 is 0 Å². The fourth-order valence-corrected chi connectivity index (χ4v) is 5.64. The lowest BCUT2D eigenvalue weighted by Crippen LogP contribution is -2.44. The summed E-state index contributed by atoms with van der Waals surface area (Å²) in [7, 11) is 0. The Bertz CT molecular complexity index is 1340. The topological polar surface area (TPSA) is 89.3 Å². The standard InChI is InChI=1S/C32H34FN5O2/c33-28-10-7-23(8-11-28)18-26-2-1-15-38(22-26)32(40)27-9-12-30(35-20-27)31(39)36-29-13-16-37(17-14-29)21-25-5-3-24(19-34)4-6-25/h3-12,20,26,29H,1-2,13-18,21-22H2,(H,36,39). The van der Waals surface area contributed by atoms with Gasteiger partial charge in [-0.3, -0.25) is 19.5 Å². The Morgan fingerprint density at radius 2 is 1.68 bits per heavy atom. The molecule has 0 aliphatic carbocycles. The quantitative estimate of drug-likeness (QED) is 0.475. The molecule has 2 amide bonds. The summed E-state index contributed by atoms with van der Waals surface area (Å²) < 4.78 is 13.2. The van der Waals surface area contributed by atoms with Crippen LogP contribution >= 0.6 is 0 Å². The third-order valence-corrected chi connectivity index (χ3v) is 7.90. The van der Waals surface area contributed by atoms with E-state index in [4.69, 9.17) is 5.26 Å². The van der Waals surface area contributed by atoms with Crippen LogP contribution in [0.1, 0.15) is 63.2 Å². The number of carbonyl (C=O) groups excluding carboxylic acids is 2. The molecule has 1 atom stereocenters. The number of nitrogens with one attached hydrogen (secondary N) is 1. The van der Waals surface area contributed by atoms with Crippen LogP contribution in [0.2, 0.25) is 0 Å². The fraction of sp³-hybridized carbons (Fsp3) is 0.375. The van der Waals surface area contributed by atoms with Gasteiger partial charge in [-0.1, -0.05) is 24.3 Å². The first kappa shape index (κ1) is 27.5. The van der Waals surface area contributed by atoms with Gasteiger partial charge in [-0.15, -0.1) is 0 Å². The van der Waals surface area contributed by atoms with Gasteiger partial charge in [0.25, 0.3) is 11.8 Å². The van der Waals surface area contributed by atoms with Crippen LogP contribution in [-0.2, 0) is 13.0 Å². The van der Waals surface area contributed by atoms with Crippen LogP contribution in [0.4, 0.5) is 4.39 Å². The second-order valence-corrected chi connectivity index (χ2v) is 10.9. The summed E-state index contributed by atoms with van der Waals surface area (Å²) >= 11 is 0. The average molecular weight is 540 g/mol. The molecule has 0 spiro atoms. The number of nitrogens with zero attached hydrogens (tertiary/aromatic N) is 4. The van der Waals surface area contributed by atoms with E-state index in [1.54, 1.807) is 12.1 Å². The third-order valence-electron chi connectivity index (χ3n) is 7.90. The van der Waals surface area contributed by atoms with Gasteiger partial charge in [0.1, 0.15) is 11.5 Å². The molecular formula is C32H34FN5O2. The molecule has 2 aliphatic heterocycles. The Balaban J connectivity index is 1.08. The highest BCUT2D eigenvalue weighted by atomic mass is 19.1. The van der Waals surface area contributed by atoms with Crippen molar-refractivity contribution >= 4 is 11.8 Å². The Morgan fingerprint density at radius 1 is 0.950 bits per heavy atom. The van der Waals surface area contributed by atoms with Crippen molar-refractivity contribution in [3.05, 3.63) is 101 Å². The maximum atomic E-state index is 13.2. The summed E-state index contributed by atoms with van der Waals surface area (Å²) in [6.07, 6.45) is 5.99. The van der Waals surface area contributed by atoms with E-state index in [9.17, 15) is 14.0 Å². The first-order valence-electron chi connectivity index (χ1n) is 14.0. The molecule has 40 heavy (non-hydrogen) atoms. The number of hydrogen-bond acceptors (Lipinski definition) is 5. The average Bonchev–Trinajstić information content (AvgIpc) is 2.99. The lowest BCUT2D eigenvalue weighted by molar-refractivity contribution is 0.0672. The van der Waals surface area contributed by atoms with Crippen molar-refractivity contribution in [2.75, 3.05) is 26.2 Å². The van der Waals surface area contributed by atoms with E-state index in [0.717, 1.165) is 57.3 Å². The number of amides is 2. The zero-order valence-corrected chi connectivity index (χ0v) is 22.6. The molecule has 1 N–H and O–H groups in total. The molecule has 2 fully saturated rings. The second kappa shape index (κ2) is 12.8. The van der Waals surface area contributed by atoms with Crippen LogP contribution in [0.25, 0.3) is 0 Å². The number of carbonyl (C=O) groups is 2. The Hall–Kier alpha value is -4.09. The predicted octanol–water partition coefficient (Wildman–Crippen LogP) is 4.58. The molecule has 3 heterocycles. The first-order chi connectivity index (χ1) is 19.5. The number of piperidine rings is 2. The summed E-state index contributed by atoms with van der Waals surface area (Å²) in [5.41, 5.74) is 3.71. The molecule has 206 valence electrons. The van der Waals surface area contributed by atoms with Crippen LogP contribution in [0, 0.1) is 23.1 Å². The minimum atomic E-state index is -0.240. The van der Waals surface area contributed by atoms with E-state index in [1.807, 2.05) is 41.3 Å². The zero-order chi connectivity index (χ0) is 27.9. The zero-order valence-electron chi connectivity index (χ0n) is 22.6. The van der Waals surface area contributed by atoms with Gasteiger partial charge >= 0.3 is 0 Å². The molecule has 0 radical (unpaired) electrons. The van der Waals surface area contributed by atoms with Gasteiger partial charge in [0.15, 0.2) is 0 Å². The number of halogens is 1. The van der Waals surface area contributed by atoms with Crippen LogP contribution in [-0.4, -0.2) is 58.8 Å². The Kier molecular flexibility index (Phi) is 8.82. The molecule has 5 rings (SSSR count). The van der Waals surface area contributed by atoms with Gasteiger partial charge in [-0.25, -0.2) is 4.39 Å². The van der Waals surface area contributed by atoms with Gasteiger partial charge in [-0.05, 0) is 85.5 Å². The molecular weight excluding hydrogens is 505 g/mol. The lowest BCUT2D eigenvalue weighted by Gasteiger charge is -2.33. The highest BCUT2D eigenvalue weighted by molar-refractivity contribution is 5.96. The van der Waals surface area contributed by atoms with E-state index in [2.05, 4.69) is 21.3 Å². The SMILES string of the molecule is N#Cc1ccc(CN2CCC(NC(=O)c3ccc(C(=O)N4CCCC(Cc5ccc(F)cc5)C4)cn3)CC2)cc1. The molecule has 1 aromatic heterocycles. The molecule has 1 unspecified atom stereocenters. The van der Waals surface area contributed by atoms with Crippen molar-refractivity contribution < 1.29 is 14.0 Å². The summed E-state index contributed by atoms with van der Waals surface area (Å²) in [5.74, 6) is -0.202. The van der Waals surface area contributed by atoms with E-state index in [0.29, 0.717) is 35.8 Å². The molecule has 3 aromatic rings. The first-order valence-corrected chi connectivity index (χ1v) is 14.0. The number of nitriles is 1. The van der Waals surface area contributed by atoms with Crippen LogP contribution in [0.5, 0.6) is 0 Å². The van der Waals surface area contributed by atoms with Crippen molar-refractivity contribution in [3.8, 4) is 6.07 Å². The summed E-state index contributed by atoms with van der Waals surface area (Å²) in [6, 6.07) is 19.8. The fourth-order valence-electron chi connectivity index (χ4n) is 5.64. The van der Waals surface area contributed by atoms with Gasteiger partial charge in [0, 0.05) is 45.0 Å². The molecule has 2 saturated heterocycles. The Morgan fingerprint density at radius 3 is 2.35 bits per heavy atom. The minimum absolute atomic E-state index is 0.0714. The molecule has 0 saturated carbocycles. The lowest BCUT2D eigenvalue weighted by atomic mass is 9.91. The number of benzene rings is 2. The number of rotatable bonds is 7. The summed E-state index contributed by atoms with van der Waals surface area (Å²) in [4.78, 5) is 34.5. The normalized spacial score (nSPS) is 18.2. The smallest absolute Gasteiger partial charge is 0.270 e. The molecule has 0 bridgehead atoms. The largest absolute Gasteiger partial charge is 0.348 e. The summed E-state index contributed by atoms with van der Waals surface area (Å²) in [6.45, 7) is 3.94. The second-order valence-electron chi connectivity index (χ2n) is 10.9. The van der Waals surface area contributed by atoms with Gasteiger partial charge in [0.05, 0.1) is 17.2 Å². The highest BCUT2D eigenvalue weighted by Crippen LogP contribution is 2.23. The van der Waals surface area contributed by atoms with Crippen LogP contribution in [0.3, 0.4) is 0 Å². The predicted molar refractivity (Wildman–Crippen MR) is 150 cm³/mol. The van der Waals surface area contributed by atoms with Crippen LogP contribution in [0.15, 0.2) is 66.9 Å². The van der Waals surface area contributed by atoms with Crippen molar-refractivity contribution in [2.24, 2.45) is 5.92 Å². The van der Waals surface area contributed by atoms with Crippen molar-refractivity contribution in [3.63, 3.8) is 0 Å². The summed E-state index contributed by atoms with van der Waals surface area (Å²) in [5, 5.41) is 12.1. The van der Waals surface area contributed by atoms with Crippen molar-refractivity contribution in [2.45, 2.75) is 44.7 Å². The van der Waals surface area contributed by atoms with Crippen LogP contribution < -0.4 is 5.32 Å². The maximum absolute atomic E-state index is 13.2. The minimum Gasteiger partial charge on any atom is -0.348 e. The monoisotopic (exact) mass is 539 g/mol. The molecule has 2 aliphatic rings. The van der Waals surface area contributed by atoms with Gasteiger partial charge in [0.2, 0.25) is 0 Å². The van der Waals surface area contributed by atoms with Crippen molar-refractivity contribution in [1.29, 1.82) is 5.26 Å².